The van der Waals surface area contributed by atoms with Crippen LogP contribution in [0.25, 0.3) is 0 Å². The van der Waals surface area contributed by atoms with Gasteiger partial charge in [-0.05, 0) is 24.3 Å². The Kier molecular flexibility index (Phi) is 5.53. The molecule has 1 rings (SSSR count). The van der Waals surface area contributed by atoms with Crippen LogP contribution >= 0.6 is 0 Å². The maximum atomic E-state index is 11.9. The van der Waals surface area contributed by atoms with Crippen molar-refractivity contribution in [1.29, 1.82) is 0 Å². The van der Waals surface area contributed by atoms with Crippen molar-refractivity contribution in [2.24, 2.45) is 5.73 Å². The number of nitrogens with zero attached hydrogens (tertiary/aromatic N) is 2. The van der Waals surface area contributed by atoms with Gasteiger partial charge in [0.1, 0.15) is 13.1 Å². The lowest BCUT2D eigenvalue weighted by atomic mass is 10.2. The summed E-state index contributed by atoms with van der Waals surface area (Å²) in [5, 5.41) is 11.2. The van der Waals surface area contributed by atoms with Crippen molar-refractivity contribution < 1.29 is 19.5 Å². The molecule has 0 spiro atoms. The Balaban J connectivity index is 2.75. The number of carboxylic acids is 1. The third-order valence-electron chi connectivity index (χ3n) is 2.60. The number of rotatable bonds is 6. The quantitative estimate of drug-likeness (QED) is 0.691. The molecule has 4 N–H and O–H groups in total. The van der Waals surface area contributed by atoms with Gasteiger partial charge in [0, 0.05) is 25.5 Å². The van der Waals surface area contributed by atoms with Gasteiger partial charge in [-0.2, -0.15) is 0 Å². The third-order valence-corrected chi connectivity index (χ3v) is 2.60. The Hall–Kier alpha value is -2.77. The van der Waals surface area contributed by atoms with E-state index in [1.54, 1.807) is 24.3 Å². The van der Waals surface area contributed by atoms with Crippen LogP contribution in [-0.2, 0) is 9.59 Å². The Morgan fingerprint density at radius 2 is 1.71 bits per heavy atom. The number of hydrogen-bond acceptors (Lipinski definition) is 4. The molecule has 0 aliphatic carbocycles. The van der Waals surface area contributed by atoms with E-state index >= 15 is 0 Å². The number of nitrogens with one attached hydrogen (secondary N) is 1. The first-order valence-electron chi connectivity index (χ1n) is 6.13. The van der Waals surface area contributed by atoms with E-state index in [2.05, 4.69) is 5.32 Å². The minimum atomic E-state index is -1.23. The van der Waals surface area contributed by atoms with Crippen LogP contribution in [0.2, 0.25) is 0 Å². The van der Waals surface area contributed by atoms with Crippen molar-refractivity contribution in [2.45, 2.75) is 0 Å². The van der Waals surface area contributed by atoms with E-state index in [0.717, 1.165) is 10.6 Å². The van der Waals surface area contributed by atoms with Crippen LogP contribution in [0.1, 0.15) is 0 Å². The fourth-order valence-corrected chi connectivity index (χ4v) is 1.60. The molecule has 0 aromatic heterocycles. The molecular weight excluding hydrogens is 276 g/mol. The fourth-order valence-electron chi connectivity index (χ4n) is 1.60. The zero-order chi connectivity index (χ0) is 16.0. The van der Waals surface area contributed by atoms with Crippen LogP contribution in [0.3, 0.4) is 0 Å². The van der Waals surface area contributed by atoms with Gasteiger partial charge in [0.2, 0.25) is 5.91 Å². The summed E-state index contributed by atoms with van der Waals surface area (Å²) in [6, 6.07) is 6.25. The van der Waals surface area contributed by atoms with Crippen LogP contribution < -0.4 is 16.0 Å². The molecule has 0 fully saturated rings. The maximum Gasteiger partial charge on any atom is 0.323 e. The van der Waals surface area contributed by atoms with E-state index < -0.39 is 31.0 Å². The minimum Gasteiger partial charge on any atom is -0.480 e. The van der Waals surface area contributed by atoms with Crippen molar-refractivity contribution in [3.05, 3.63) is 24.3 Å². The predicted molar refractivity (Wildman–Crippen MR) is 78.2 cm³/mol. The lowest BCUT2D eigenvalue weighted by Crippen LogP contribution is -2.43. The summed E-state index contributed by atoms with van der Waals surface area (Å²) >= 11 is 0. The summed E-state index contributed by atoms with van der Waals surface area (Å²) in [7, 11) is 3.77. The topological polar surface area (TPSA) is 116 Å². The summed E-state index contributed by atoms with van der Waals surface area (Å²) < 4.78 is 0. The summed E-state index contributed by atoms with van der Waals surface area (Å²) in [6.45, 7) is -1.07. The van der Waals surface area contributed by atoms with Crippen molar-refractivity contribution >= 4 is 29.3 Å². The standard InChI is InChI=1S/C13H18N4O4/c1-16(2)10-5-3-9(4-6-10)15-13(21)17(7-11(14)18)8-12(19)20/h3-6H,7-8H2,1-2H3,(H2,14,18)(H,15,21)(H,19,20). The van der Waals surface area contributed by atoms with Crippen molar-refractivity contribution in [3.8, 4) is 0 Å². The number of carbonyl (C=O) groups excluding carboxylic acids is 2. The second-order valence-corrected chi connectivity index (χ2v) is 4.59. The first kappa shape index (κ1) is 16.3. The Morgan fingerprint density at radius 3 is 2.14 bits per heavy atom. The first-order chi connectivity index (χ1) is 9.79. The number of nitrogens with two attached hydrogens (primary N) is 1. The number of aliphatic carboxylic acids is 1. The van der Waals surface area contributed by atoms with Crippen molar-refractivity contribution in [2.75, 3.05) is 37.4 Å². The second-order valence-electron chi connectivity index (χ2n) is 4.59. The van der Waals surface area contributed by atoms with Gasteiger partial charge in [-0.1, -0.05) is 0 Å². The number of carboxylic acid groups (broad SMARTS) is 1. The highest BCUT2D eigenvalue weighted by Gasteiger charge is 2.18. The molecule has 8 nitrogen and oxygen atoms in total. The molecule has 0 saturated heterocycles. The van der Waals surface area contributed by atoms with Gasteiger partial charge in [0.25, 0.3) is 0 Å². The van der Waals surface area contributed by atoms with Crippen LogP contribution in [-0.4, -0.2) is 55.1 Å². The van der Waals surface area contributed by atoms with Gasteiger partial charge in [-0.25, -0.2) is 4.79 Å². The van der Waals surface area contributed by atoms with E-state index in [0.29, 0.717) is 5.69 Å². The van der Waals surface area contributed by atoms with Gasteiger partial charge in [0.15, 0.2) is 0 Å². The first-order valence-corrected chi connectivity index (χ1v) is 6.13. The molecule has 3 amide bonds. The van der Waals surface area contributed by atoms with Crippen LogP contribution in [0, 0.1) is 0 Å². The highest BCUT2D eigenvalue weighted by molar-refractivity contribution is 5.94. The largest absolute Gasteiger partial charge is 0.480 e. The molecule has 0 aliphatic rings. The number of benzene rings is 1. The van der Waals surface area contributed by atoms with Crippen LogP contribution in [0.4, 0.5) is 16.2 Å². The SMILES string of the molecule is CN(C)c1ccc(NC(=O)N(CC(N)=O)CC(=O)O)cc1. The molecule has 8 heteroatoms. The van der Waals surface area contributed by atoms with Crippen molar-refractivity contribution in [3.63, 3.8) is 0 Å². The fraction of sp³-hybridized carbons (Fsp3) is 0.308. The molecular formula is C13H18N4O4. The van der Waals surface area contributed by atoms with E-state index in [4.69, 9.17) is 10.8 Å². The van der Waals surface area contributed by atoms with E-state index in [9.17, 15) is 14.4 Å². The lowest BCUT2D eigenvalue weighted by molar-refractivity contribution is -0.137. The molecule has 0 saturated carbocycles. The molecule has 1 aromatic rings. The van der Waals surface area contributed by atoms with Gasteiger partial charge in [-0.3, -0.25) is 9.59 Å². The normalized spacial score (nSPS) is 9.81. The van der Waals surface area contributed by atoms with Crippen molar-refractivity contribution in [1.82, 2.24) is 4.90 Å². The van der Waals surface area contributed by atoms with Gasteiger partial charge < -0.3 is 26.0 Å². The average molecular weight is 294 g/mol. The molecule has 0 atom stereocenters. The molecule has 21 heavy (non-hydrogen) atoms. The summed E-state index contributed by atoms with van der Waals surface area (Å²) in [5.41, 5.74) is 6.44. The van der Waals surface area contributed by atoms with Gasteiger partial charge in [0.05, 0.1) is 0 Å². The summed E-state index contributed by atoms with van der Waals surface area (Å²) in [4.78, 5) is 36.2. The summed E-state index contributed by atoms with van der Waals surface area (Å²) in [6.07, 6.45) is 0. The monoisotopic (exact) mass is 294 g/mol. The minimum absolute atomic E-state index is 0.464. The molecule has 1 aromatic carbocycles. The molecule has 0 aliphatic heterocycles. The summed E-state index contributed by atoms with van der Waals surface area (Å²) in [5.74, 6) is -2.01. The molecule has 0 radical (unpaired) electrons. The number of anilines is 2. The number of amides is 3. The second kappa shape index (κ2) is 7.13. The van der Waals surface area contributed by atoms with Crippen LogP contribution in [0.5, 0.6) is 0 Å². The number of primary amides is 1. The molecule has 0 heterocycles. The van der Waals surface area contributed by atoms with E-state index in [1.807, 2.05) is 19.0 Å². The zero-order valence-corrected chi connectivity index (χ0v) is 11.9. The Labute approximate surface area is 122 Å². The number of urea groups is 1. The lowest BCUT2D eigenvalue weighted by Gasteiger charge is -2.20. The van der Waals surface area contributed by atoms with Crippen LogP contribution in [0.15, 0.2) is 24.3 Å². The maximum absolute atomic E-state index is 11.9. The molecule has 0 bridgehead atoms. The third kappa shape index (κ3) is 5.39. The Morgan fingerprint density at radius 1 is 1.14 bits per heavy atom. The number of hydrogen-bond donors (Lipinski definition) is 3. The highest BCUT2D eigenvalue weighted by Crippen LogP contribution is 2.15. The van der Waals surface area contributed by atoms with E-state index in [-0.39, 0.29) is 0 Å². The average Bonchev–Trinajstić information content (AvgIpc) is 2.37. The van der Waals surface area contributed by atoms with Gasteiger partial charge >= 0.3 is 12.0 Å². The van der Waals surface area contributed by atoms with E-state index in [1.165, 1.54) is 0 Å². The predicted octanol–water partition coefficient (Wildman–Crippen LogP) is 0.156. The van der Waals surface area contributed by atoms with Gasteiger partial charge in [-0.15, -0.1) is 0 Å². The zero-order valence-electron chi connectivity index (χ0n) is 11.9. The highest BCUT2D eigenvalue weighted by atomic mass is 16.4. The molecule has 114 valence electrons. The smallest absolute Gasteiger partial charge is 0.323 e. The molecule has 0 unspecified atom stereocenters. The number of carbonyl (C=O) groups is 3. The Bertz CT molecular complexity index is 511.